The molecule has 2 rings (SSSR count). The summed E-state index contributed by atoms with van der Waals surface area (Å²) < 4.78 is 5.74. The predicted octanol–water partition coefficient (Wildman–Crippen LogP) is 3.09. The van der Waals surface area contributed by atoms with Crippen LogP contribution in [0.15, 0.2) is 12.1 Å². The van der Waals surface area contributed by atoms with Crippen LogP contribution in [0.1, 0.15) is 50.3 Å². The van der Waals surface area contributed by atoms with Crippen LogP contribution < -0.4 is 10.5 Å². The SMILES string of the molecule is CCCN1Cc2cc(OCC)c(CN)cc2CC1CC. The van der Waals surface area contributed by atoms with Crippen LogP contribution in [0.4, 0.5) is 0 Å². The third-order valence-electron chi connectivity index (χ3n) is 4.23. The highest BCUT2D eigenvalue weighted by molar-refractivity contribution is 5.44. The number of rotatable bonds is 6. The minimum Gasteiger partial charge on any atom is -0.494 e. The van der Waals surface area contributed by atoms with Crippen LogP contribution in [-0.4, -0.2) is 24.1 Å². The van der Waals surface area contributed by atoms with Gasteiger partial charge < -0.3 is 10.5 Å². The number of hydrogen-bond donors (Lipinski definition) is 1. The van der Waals surface area contributed by atoms with E-state index in [0.29, 0.717) is 19.2 Å². The lowest BCUT2D eigenvalue weighted by molar-refractivity contribution is 0.166. The average Bonchev–Trinajstić information content (AvgIpc) is 2.46. The zero-order valence-corrected chi connectivity index (χ0v) is 13.1. The third kappa shape index (κ3) is 3.15. The van der Waals surface area contributed by atoms with Crippen molar-refractivity contribution < 1.29 is 4.74 Å². The Balaban J connectivity index is 2.31. The average molecular weight is 276 g/mol. The summed E-state index contributed by atoms with van der Waals surface area (Å²) in [5, 5.41) is 0. The van der Waals surface area contributed by atoms with Crippen LogP contribution in [-0.2, 0) is 19.5 Å². The highest BCUT2D eigenvalue weighted by Gasteiger charge is 2.25. The Morgan fingerprint density at radius 3 is 2.65 bits per heavy atom. The Hall–Kier alpha value is -1.06. The van der Waals surface area contributed by atoms with Gasteiger partial charge in [-0.1, -0.05) is 19.9 Å². The van der Waals surface area contributed by atoms with Gasteiger partial charge in [-0.15, -0.1) is 0 Å². The second-order valence-electron chi connectivity index (χ2n) is 5.60. The largest absolute Gasteiger partial charge is 0.494 e. The summed E-state index contributed by atoms with van der Waals surface area (Å²) in [4.78, 5) is 2.61. The summed E-state index contributed by atoms with van der Waals surface area (Å²) >= 11 is 0. The fourth-order valence-electron chi connectivity index (χ4n) is 3.19. The van der Waals surface area contributed by atoms with Crippen molar-refractivity contribution in [1.82, 2.24) is 4.90 Å². The van der Waals surface area contributed by atoms with Crippen molar-refractivity contribution in [1.29, 1.82) is 0 Å². The van der Waals surface area contributed by atoms with Crippen LogP contribution in [0.2, 0.25) is 0 Å². The van der Waals surface area contributed by atoms with E-state index in [1.165, 1.54) is 30.5 Å². The molecule has 1 aliphatic heterocycles. The number of hydrogen-bond acceptors (Lipinski definition) is 3. The molecule has 0 saturated carbocycles. The maximum Gasteiger partial charge on any atom is 0.124 e. The lowest BCUT2D eigenvalue weighted by Crippen LogP contribution is -2.40. The van der Waals surface area contributed by atoms with E-state index in [2.05, 4.69) is 30.9 Å². The minimum absolute atomic E-state index is 0.554. The van der Waals surface area contributed by atoms with Crippen LogP contribution in [0, 0.1) is 0 Å². The predicted molar refractivity (Wildman–Crippen MR) is 84.0 cm³/mol. The Labute approximate surface area is 123 Å². The van der Waals surface area contributed by atoms with Crippen LogP contribution >= 0.6 is 0 Å². The lowest BCUT2D eigenvalue weighted by Gasteiger charge is -2.37. The van der Waals surface area contributed by atoms with Crippen molar-refractivity contribution in [2.24, 2.45) is 5.73 Å². The number of nitrogens with zero attached hydrogens (tertiary/aromatic N) is 1. The maximum absolute atomic E-state index is 5.87. The lowest BCUT2D eigenvalue weighted by atomic mass is 9.90. The number of nitrogens with two attached hydrogens (primary N) is 1. The first-order valence-electron chi connectivity index (χ1n) is 7.94. The molecule has 112 valence electrons. The van der Waals surface area contributed by atoms with Gasteiger partial charge in [-0.05, 0) is 49.9 Å². The summed E-state index contributed by atoms with van der Waals surface area (Å²) in [5.41, 5.74) is 9.89. The monoisotopic (exact) mass is 276 g/mol. The van der Waals surface area contributed by atoms with Gasteiger partial charge >= 0.3 is 0 Å². The molecule has 1 aromatic carbocycles. The van der Waals surface area contributed by atoms with Gasteiger partial charge in [0.1, 0.15) is 5.75 Å². The molecule has 0 aliphatic carbocycles. The number of fused-ring (bicyclic) bond motifs is 1. The first-order valence-corrected chi connectivity index (χ1v) is 7.94. The van der Waals surface area contributed by atoms with Gasteiger partial charge in [0.15, 0.2) is 0 Å². The third-order valence-corrected chi connectivity index (χ3v) is 4.23. The summed E-state index contributed by atoms with van der Waals surface area (Å²) in [6.45, 7) is 10.0. The van der Waals surface area contributed by atoms with E-state index < -0.39 is 0 Å². The molecule has 0 saturated heterocycles. The van der Waals surface area contributed by atoms with Crippen LogP contribution in [0.3, 0.4) is 0 Å². The van der Waals surface area contributed by atoms with Crippen molar-refractivity contribution in [2.45, 2.75) is 59.2 Å². The zero-order valence-electron chi connectivity index (χ0n) is 13.1. The van der Waals surface area contributed by atoms with Crippen LogP contribution in [0.5, 0.6) is 5.75 Å². The molecule has 3 nitrogen and oxygen atoms in total. The smallest absolute Gasteiger partial charge is 0.124 e. The Morgan fingerprint density at radius 1 is 1.25 bits per heavy atom. The normalized spacial score (nSPS) is 18.9. The molecule has 0 fully saturated rings. The first-order chi connectivity index (χ1) is 9.73. The number of ether oxygens (including phenoxy) is 1. The maximum atomic E-state index is 5.87. The minimum atomic E-state index is 0.554. The molecule has 1 aromatic rings. The van der Waals surface area contributed by atoms with Gasteiger partial charge in [-0.3, -0.25) is 4.90 Å². The van der Waals surface area contributed by atoms with Gasteiger partial charge in [0.25, 0.3) is 0 Å². The molecule has 0 spiro atoms. The van der Waals surface area contributed by atoms with Gasteiger partial charge in [-0.25, -0.2) is 0 Å². The first kappa shape index (κ1) is 15.3. The molecule has 1 atom stereocenters. The molecular weight excluding hydrogens is 248 g/mol. The van der Waals surface area contributed by atoms with E-state index in [9.17, 15) is 0 Å². The molecule has 0 aromatic heterocycles. The van der Waals surface area contributed by atoms with Crippen LogP contribution in [0.25, 0.3) is 0 Å². The second kappa shape index (κ2) is 7.09. The molecule has 1 unspecified atom stereocenters. The Morgan fingerprint density at radius 2 is 2.05 bits per heavy atom. The highest BCUT2D eigenvalue weighted by Crippen LogP contribution is 2.31. The highest BCUT2D eigenvalue weighted by atomic mass is 16.5. The molecular formula is C17H28N2O. The van der Waals surface area contributed by atoms with E-state index in [0.717, 1.165) is 24.3 Å². The van der Waals surface area contributed by atoms with Crippen molar-refractivity contribution in [2.75, 3.05) is 13.2 Å². The summed E-state index contributed by atoms with van der Waals surface area (Å²) in [7, 11) is 0. The molecule has 0 amide bonds. The standard InChI is InChI=1S/C17H28N2O/c1-4-7-19-12-15-10-17(20-6-3)14(11-18)8-13(15)9-16(19)5-2/h8,10,16H,4-7,9,11-12,18H2,1-3H3. The topological polar surface area (TPSA) is 38.5 Å². The van der Waals surface area contributed by atoms with E-state index >= 15 is 0 Å². The molecule has 20 heavy (non-hydrogen) atoms. The molecule has 1 heterocycles. The summed E-state index contributed by atoms with van der Waals surface area (Å²) in [6.07, 6.45) is 3.57. The van der Waals surface area contributed by atoms with E-state index in [1.54, 1.807) is 0 Å². The molecule has 2 N–H and O–H groups in total. The zero-order chi connectivity index (χ0) is 14.5. The fraction of sp³-hybridized carbons (Fsp3) is 0.647. The van der Waals surface area contributed by atoms with Crippen molar-refractivity contribution >= 4 is 0 Å². The van der Waals surface area contributed by atoms with Gasteiger partial charge in [-0.2, -0.15) is 0 Å². The molecule has 0 bridgehead atoms. The van der Waals surface area contributed by atoms with E-state index in [-0.39, 0.29) is 0 Å². The molecule has 1 aliphatic rings. The fourth-order valence-corrected chi connectivity index (χ4v) is 3.19. The molecule has 0 radical (unpaired) electrons. The number of benzene rings is 1. The van der Waals surface area contributed by atoms with Gasteiger partial charge in [0, 0.05) is 24.7 Å². The van der Waals surface area contributed by atoms with E-state index in [1.807, 2.05) is 6.92 Å². The van der Waals surface area contributed by atoms with Crippen molar-refractivity contribution in [3.63, 3.8) is 0 Å². The Bertz CT molecular complexity index is 445. The van der Waals surface area contributed by atoms with Gasteiger partial charge in [0.05, 0.1) is 6.61 Å². The van der Waals surface area contributed by atoms with Crippen molar-refractivity contribution in [3.05, 3.63) is 28.8 Å². The second-order valence-corrected chi connectivity index (χ2v) is 5.60. The van der Waals surface area contributed by atoms with Gasteiger partial charge in [0.2, 0.25) is 0 Å². The summed E-state index contributed by atoms with van der Waals surface area (Å²) in [5.74, 6) is 0.972. The van der Waals surface area contributed by atoms with E-state index in [4.69, 9.17) is 10.5 Å². The summed E-state index contributed by atoms with van der Waals surface area (Å²) in [6, 6.07) is 5.16. The quantitative estimate of drug-likeness (QED) is 0.867. The Kier molecular flexibility index (Phi) is 5.44. The van der Waals surface area contributed by atoms with Crippen molar-refractivity contribution in [3.8, 4) is 5.75 Å². The molecule has 3 heteroatoms.